The average Bonchev–Trinajstić information content (AvgIpc) is 3.18. The molecule has 180 valence electrons. The van der Waals surface area contributed by atoms with Gasteiger partial charge >= 0.3 is 5.97 Å². The lowest BCUT2D eigenvalue weighted by Crippen LogP contribution is -2.48. The van der Waals surface area contributed by atoms with Crippen molar-refractivity contribution in [2.45, 2.75) is 57.1 Å². The van der Waals surface area contributed by atoms with Gasteiger partial charge in [0.15, 0.2) is 5.60 Å². The molecule has 1 heterocycles. The summed E-state index contributed by atoms with van der Waals surface area (Å²) in [4.78, 5) is 16.4. The molecule has 34 heavy (non-hydrogen) atoms. The summed E-state index contributed by atoms with van der Waals surface area (Å²) in [5, 5.41) is 11.5. The lowest BCUT2D eigenvalue weighted by Gasteiger charge is -2.39. The molecule has 0 bridgehead atoms. The molecule has 1 aliphatic rings. The Morgan fingerprint density at radius 2 is 1.85 bits per heavy atom. The van der Waals surface area contributed by atoms with Crippen molar-refractivity contribution in [3.05, 3.63) is 89.5 Å². The second-order valence-corrected chi connectivity index (χ2v) is 9.10. The molecule has 0 aliphatic heterocycles. The third-order valence-electron chi connectivity index (χ3n) is 6.73. The van der Waals surface area contributed by atoms with E-state index in [9.17, 15) is 18.7 Å². The minimum absolute atomic E-state index is 0.0309. The monoisotopic (exact) mass is 469 g/mol. The number of benzene rings is 2. The molecule has 0 radical (unpaired) electrons. The molecule has 1 saturated carbocycles. The van der Waals surface area contributed by atoms with E-state index in [0.717, 1.165) is 17.1 Å². The molecule has 2 aromatic carbocycles. The van der Waals surface area contributed by atoms with E-state index in [1.54, 1.807) is 30.3 Å². The van der Waals surface area contributed by atoms with Crippen molar-refractivity contribution < 1.29 is 28.0 Å². The van der Waals surface area contributed by atoms with Gasteiger partial charge in [0.05, 0.1) is 6.61 Å². The smallest absolute Gasteiger partial charge is 0.343 e. The first-order valence-corrected chi connectivity index (χ1v) is 11.7. The molecule has 0 saturated heterocycles. The van der Waals surface area contributed by atoms with Crippen molar-refractivity contribution in [1.29, 1.82) is 0 Å². The summed E-state index contributed by atoms with van der Waals surface area (Å²) in [6, 6.07) is 18.3. The molecule has 0 spiro atoms. The Kier molecular flexibility index (Phi) is 7.12. The molecule has 7 heteroatoms. The maximum Gasteiger partial charge on any atom is 0.343 e. The van der Waals surface area contributed by atoms with Crippen molar-refractivity contribution in [1.82, 2.24) is 4.98 Å². The number of carbonyl (C=O) groups is 1. The Labute approximate surface area is 198 Å². The summed E-state index contributed by atoms with van der Waals surface area (Å²) in [6.45, 7) is 2.67. The largest absolute Gasteiger partial charge is 0.463 e. The van der Waals surface area contributed by atoms with Gasteiger partial charge in [0.2, 0.25) is 5.92 Å². The van der Waals surface area contributed by atoms with Gasteiger partial charge in [-0.1, -0.05) is 60.7 Å². The summed E-state index contributed by atoms with van der Waals surface area (Å²) in [6.07, 6.45) is 2.12. The Morgan fingerprint density at radius 3 is 2.53 bits per heavy atom. The van der Waals surface area contributed by atoms with Crippen molar-refractivity contribution in [2.75, 3.05) is 6.61 Å². The van der Waals surface area contributed by atoms with Gasteiger partial charge < -0.3 is 9.84 Å². The number of rotatable bonds is 8. The van der Waals surface area contributed by atoms with Gasteiger partial charge in [-0.05, 0) is 24.0 Å². The van der Waals surface area contributed by atoms with E-state index in [1.807, 2.05) is 43.5 Å². The van der Waals surface area contributed by atoms with Crippen LogP contribution in [0.25, 0.3) is 0 Å². The Hall–Kier alpha value is -3.06. The van der Waals surface area contributed by atoms with Crippen LogP contribution in [0.4, 0.5) is 8.78 Å². The number of nitrogens with zero attached hydrogens (tertiary/aromatic N) is 1. The molecule has 0 unspecified atom stereocenters. The lowest BCUT2D eigenvalue weighted by atomic mass is 9.72. The summed E-state index contributed by atoms with van der Waals surface area (Å²) >= 11 is 0. The van der Waals surface area contributed by atoms with E-state index in [-0.39, 0.29) is 19.4 Å². The minimum Gasteiger partial charge on any atom is -0.463 e. The quantitative estimate of drug-likeness (QED) is 0.378. The van der Waals surface area contributed by atoms with Gasteiger partial charge in [0, 0.05) is 32.1 Å². The molecule has 5 nitrogen and oxygen atoms in total. The fourth-order valence-electron chi connectivity index (χ4n) is 4.85. The Balaban J connectivity index is 1.48. The van der Waals surface area contributed by atoms with Crippen LogP contribution in [0.15, 0.2) is 66.9 Å². The summed E-state index contributed by atoms with van der Waals surface area (Å²) < 4.78 is 36.0. The summed E-state index contributed by atoms with van der Waals surface area (Å²) in [5.74, 6) is -3.72. The number of hydrogen-bond acceptors (Lipinski definition) is 3. The second kappa shape index (κ2) is 10.1. The number of imidazole rings is 1. The first-order valence-electron chi connectivity index (χ1n) is 11.7. The number of halogens is 2. The maximum atomic E-state index is 14.2. The zero-order chi connectivity index (χ0) is 24.2. The lowest BCUT2D eigenvalue weighted by molar-refractivity contribution is -0.700. The number of H-pyrrole nitrogens is 1. The van der Waals surface area contributed by atoms with Crippen LogP contribution in [0, 0.1) is 12.8 Å². The number of aryl methyl sites for hydroxylation is 1. The first kappa shape index (κ1) is 24.1. The number of aliphatic hydroxyl groups is 1. The topological polar surface area (TPSA) is 66.2 Å². The molecular formula is C27H31F2N2O3+. The Morgan fingerprint density at radius 1 is 1.18 bits per heavy atom. The van der Waals surface area contributed by atoms with Crippen LogP contribution in [0.3, 0.4) is 0 Å². The van der Waals surface area contributed by atoms with Crippen molar-refractivity contribution >= 4 is 5.97 Å². The molecule has 1 aromatic heterocycles. The molecular weight excluding hydrogens is 438 g/mol. The summed E-state index contributed by atoms with van der Waals surface area (Å²) in [5.41, 5.74) is 0.269. The van der Waals surface area contributed by atoms with Gasteiger partial charge in [-0.2, -0.15) is 0 Å². The van der Waals surface area contributed by atoms with Crippen LogP contribution in [0.2, 0.25) is 0 Å². The predicted octanol–water partition coefficient (Wildman–Crippen LogP) is 4.46. The van der Waals surface area contributed by atoms with Crippen LogP contribution in [-0.2, 0) is 28.1 Å². The van der Waals surface area contributed by atoms with E-state index in [1.165, 1.54) is 0 Å². The highest BCUT2D eigenvalue weighted by Gasteiger charge is 2.52. The Bertz CT molecular complexity index is 1100. The number of alkyl halides is 2. The number of esters is 1. The highest BCUT2D eigenvalue weighted by atomic mass is 19.3. The van der Waals surface area contributed by atoms with Crippen LogP contribution in [0.1, 0.15) is 48.3 Å². The SMILES string of the molecule is Cc1[nH]cc(CCOC(=O)[C@](O)(c2ccccc2)[C@H]2CCCC(F)(F)C2)[n+]1Cc1ccccc1. The second-order valence-electron chi connectivity index (χ2n) is 9.10. The number of aromatic nitrogens is 2. The van der Waals surface area contributed by atoms with Gasteiger partial charge in [-0.25, -0.2) is 23.1 Å². The van der Waals surface area contributed by atoms with Gasteiger partial charge in [-0.3, -0.25) is 0 Å². The molecule has 4 rings (SSSR count). The van der Waals surface area contributed by atoms with E-state index in [4.69, 9.17) is 4.74 Å². The van der Waals surface area contributed by atoms with E-state index in [2.05, 4.69) is 9.55 Å². The third kappa shape index (κ3) is 5.20. The fourth-order valence-corrected chi connectivity index (χ4v) is 4.85. The molecule has 2 atom stereocenters. The number of nitrogens with one attached hydrogen (secondary N) is 1. The van der Waals surface area contributed by atoms with Gasteiger partial charge in [0.1, 0.15) is 18.4 Å². The predicted molar refractivity (Wildman–Crippen MR) is 123 cm³/mol. The van der Waals surface area contributed by atoms with Crippen molar-refractivity contribution in [2.24, 2.45) is 5.92 Å². The van der Waals surface area contributed by atoms with E-state index >= 15 is 0 Å². The number of aromatic amines is 1. The number of ether oxygens (including phenoxy) is 1. The van der Waals surface area contributed by atoms with E-state index in [0.29, 0.717) is 24.9 Å². The fraction of sp³-hybridized carbons (Fsp3) is 0.407. The first-order chi connectivity index (χ1) is 16.3. The maximum absolute atomic E-state index is 14.2. The van der Waals surface area contributed by atoms with Gasteiger partial charge in [-0.15, -0.1) is 0 Å². The highest BCUT2D eigenvalue weighted by Crippen LogP contribution is 2.45. The highest BCUT2D eigenvalue weighted by molar-refractivity contribution is 5.81. The molecule has 1 aliphatic carbocycles. The standard InChI is InChI=1S/C27H30F2N2O3/c1-20-30-18-24(31(20)19-21-9-4-2-5-10-21)14-16-34-25(32)27(33,22-11-6-3-7-12-22)23-13-8-15-26(28,29)17-23/h2-7,9-12,18,23,33H,8,13-17,19H2,1H3/p+1/t23-,27-/m0/s1. The summed E-state index contributed by atoms with van der Waals surface area (Å²) in [7, 11) is 0. The average molecular weight is 470 g/mol. The normalized spacial score (nSPS) is 19.4. The van der Waals surface area contributed by atoms with Crippen LogP contribution in [0.5, 0.6) is 0 Å². The zero-order valence-corrected chi connectivity index (χ0v) is 19.3. The van der Waals surface area contributed by atoms with Crippen LogP contribution < -0.4 is 4.57 Å². The van der Waals surface area contributed by atoms with Gasteiger partial charge in [0.25, 0.3) is 5.82 Å². The molecule has 1 fully saturated rings. The van der Waals surface area contributed by atoms with E-state index < -0.39 is 29.8 Å². The molecule has 3 aromatic rings. The number of carbonyl (C=O) groups excluding carboxylic acids is 1. The van der Waals surface area contributed by atoms with Crippen molar-refractivity contribution in [3.8, 4) is 0 Å². The minimum atomic E-state index is -2.91. The zero-order valence-electron chi connectivity index (χ0n) is 19.3. The van der Waals surface area contributed by atoms with Crippen molar-refractivity contribution in [3.63, 3.8) is 0 Å². The molecule has 2 N–H and O–H groups in total. The van der Waals surface area contributed by atoms with Crippen LogP contribution in [-0.4, -0.2) is 28.6 Å². The van der Waals surface area contributed by atoms with Crippen LogP contribution >= 0.6 is 0 Å². The third-order valence-corrected chi connectivity index (χ3v) is 6.73. The molecule has 0 amide bonds. The number of hydrogen-bond donors (Lipinski definition) is 2.